The van der Waals surface area contributed by atoms with Crippen molar-refractivity contribution in [2.75, 3.05) is 11.6 Å². The van der Waals surface area contributed by atoms with Crippen molar-refractivity contribution in [3.63, 3.8) is 0 Å². The number of benzene rings is 1. The van der Waals surface area contributed by atoms with Crippen molar-refractivity contribution in [2.24, 2.45) is 0 Å². The maximum absolute atomic E-state index is 12.9. The lowest BCUT2D eigenvalue weighted by atomic mass is 10.1. The Balaban J connectivity index is 2.68. The predicted octanol–water partition coefficient (Wildman–Crippen LogP) is 2.02. The van der Waals surface area contributed by atoms with E-state index >= 15 is 0 Å². The van der Waals surface area contributed by atoms with Gasteiger partial charge in [-0.15, -0.1) is 10.2 Å². The quantitative estimate of drug-likeness (QED) is 0.787. The number of aromatic nitrogens is 3. The van der Waals surface area contributed by atoms with Crippen LogP contribution in [0.1, 0.15) is 5.56 Å². The molecule has 0 aliphatic carbocycles. The van der Waals surface area contributed by atoms with Crippen LogP contribution in [0.4, 0.5) is 19.1 Å². The van der Waals surface area contributed by atoms with Crippen molar-refractivity contribution in [3.8, 4) is 11.4 Å². The molecule has 0 bridgehead atoms. The summed E-state index contributed by atoms with van der Waals surface area (Å²) in [5.41, 5.74) is 4.29. The lowest BCUT2D eigenvalue weighted by Gasteiger charge is -2.12. The van der Waals surface area contributed by atoms with Gasteiger partial charge >= 0.3 is 6.18 Å². The van der Waals surface area contributed by atoms with Gasteiger partial charge in [0.15, 0.2) is 5.82 Å². The highest BCUT2D eigenvalue weighted by molar-refractivity contribution is 9.10. The number of hydrogen-bond donors (Lipinski definition) is 2. The first-order valence-corrected chi connectivity index (χ1v) is 5.43. The van der Waals surface area contributed by atoms with E-state index in [9.17, 15) is 13.2 Å². The summed E-state index contributed by atoms with van der Waals surface area (Å²) in [4.78, 5) is 0. The molecule has 0 aliphatic heterocycles. The average molecular weight is 322 g/mol. The van der Waals surface area contributed by atoms with Gasteiger partial charge in [-0.1, -0.05) is 15.9 Å². The first-order valence-electron chi connectivity index (χ1n) is 4.64. The van der Waals surface area contributed by atoms with Crippen LogP contribution in [0.15, 0.2) is 22.7 Å². The summed E-state index contributed by atoms with van der Waals surface area (Å²) in [5, 5.41) is 6.96. The van der Waals surface area contributed by atoms with Gasteiger partial charge in [-0.05, 0) is 18.2 Å². The third kappa shape index (κ3) is 2.13. The zero-order valence-corrected chi connectivity index (χ0v) is 10.3. The third-order valence-electron chi connectivity index (χ3n) is 2.25. The predicted molar refractivity (Wildman–Crippen MR) is 62.7 cm³/mol. The van der Waals surface area contributed by atoms with Crippen LogP contribution in [0, 0.1) is 0 Å². The molecule has 2 rings (SSSR count). The molecule has 18 heavy (non-hydrogen) atoms. The Hall–Kier alpha value is -1.77. The maximum atomic E-state index is 12.9. The molecule has 1 heterocycles. The fourth-order valence-electron chi connectivity index (χ4n) is 1.43. The zero-order valence-electron chi connectivity index (χ0n) is 8.74. The Bertz CT molecular complexity index is 592. The summed E-state index contributed by atoms with van der Waals surface area (Å²) < 4.78 is 39.8. The highest BCUT2D eigenvalue weighted by atomic mass is 79.9. The highest BCUT2D eigenvalue weighted by Gasteiger charge is 2.35. The minimum atomic E-state index is -4.53. The van der Waals surface area contributed by atoms with Crippen molar-refractivity contribution in [1.29, 1.82) is 0 Å². The monoisotopic (exact) mass is 321 g/mol. The van der Waals surface area contributed by atoms with Crippen molar-refractivity contribution in [1.82, 2.24) is 14.9 Å². The molecule has 0 radical (unpaired) electrons. The molecule has 0 amide bonds. The Labute approximate surface area is 108 Å². The Kier molecular flexibility index (Phi) is 2.93. The van der Waals surface area contributed by atoms with Crippen LogP contribution in [0.3, 0.4) is 0 Å². The molecule has 1 aromatic heterocycles. The molecule has 0 unspecified atom stereocenters. The standard InChI is InChI=1S/C9H7BrF3N5/c10-4-1-2-5(6(3-4)9(11,12)13)7-16-17-8(14)18(7)15/h1-3H,15H2,(H2,14,17). The van der Waals surface area contributed by atoms with Gasteiger partial charge in [0.25, 0.3) is 0 Å². The molecule has 0 spiro atoms. The molecule has 2 aromatic rings. The third-order valence-corrected chi connectivity index (χ3v) is 2.74. The normalized spacial score (nSPS) is 11.8. The van der Waals surface area contributed by atoms with Gasteiger partial charge in [-0.25, -0.2) is 4.68 Å². The van der Waals surface area contributed by atoms with E-state index in [1.807, 2.05) is 0 Å². The molecule has 96 valence electrons. The van der Waals surface area contributed by atoms with Crippen LogP contribution in [0.5, 0.6) is 0 Å². The number of rotatable bonds is 1. The van der Waals surface area contributed by atoms with Crippen molar-refractivity contribution in [3.05, 3.63) is 28.2 Å². The molecule has 0 saturated heterocycles. The van der Waals surface area contributed by atoms with E-state index in [1.54, 1.807) is 0 Å². The maximum Gasteiger partial charge on any atom is 0.417 e. The van der Waals surface area contributed by atoms with Crippen LogP contribution >= 0.6 is 15.9 Å². The number of nitrogens with zero attached hydrogens (tertiary/aromatic N) is 3. The second kappa shape index (κ2) is 4.16. The van der Waals surface area contributed by atoms with Gasteiger partial charge in [-0.2, -0.15) is 13.2 Å². The lowest BCUT2D eigenvalue weighted by Crippen LogP contribution is -2.15. The van der Waals surface area contributed by atoms with E-state index in [2.05, 4.69) is 26.1 Å². The van der Waals surface area contributed by atoms with Crippen LogP contribution < -0.4 is 11.6 Å². The molecular weight excluding hydrogens is 315 g/mol. The average Bonchev–Trinajstić information content (AvgIpc) is 2.59. The largest absolute Gasteiger partial charge is 0.417 e. The van der Waals surface area contributed by atoms with Gasteiger partial charge in [0.2, 0.25) is 5.95 Å². The van der Waals surface area contributed by atoms with E-state index < -0.39 is 11.7 Å². The number of hydrogen-bond acceptors (Lipinski definition) is 4. The highest BCUT2D eigenvalue weighted by Crippen LogP contribution is 2.37. The minimum Gasteiger partial charge on any atom is -0.366 e. The second-order valence-corrected chi connectivity index (χ2v) is 4.36. The minimum absolute atomic E-state index is 0.146. The van der Waals surface area contributed by atoms with Crippen molar-refractivity contribution < 1.29 is 13.2 Å². The van der Waals surface area contributed by atoms with Crippen molar-refractivity contribution >= 4 is 21.9 Å². The summed E-state index contributed by atoms with van der Waals surface area (Å²) in [6, 6.07) is 3.65. The molecular formula is C9H7BrF3N5. The first kappa shape index (κ1) is 12.7. The number of nitrogens with two attached hydrogens (primary N) is 2. The number of nitrogen functional groups attached to an aromatic ring is 2. The second-order valence-electron chi connectivity index (χ2n) is 3.44. The number of alkyl halides is 3. The number of anilines is 1. The van der Waals surface area contributed by atoms with Crippen molar-refractivity contribution in [2.45, 2.75) is 6.18 Å². The molecule has 4 N–H and O–H groups in total. The summed E-state index contributed by atoms with van der Waals surface area (Å²) in [5.74, 6) is 5.16. The molecule has 5 nitrogen and oxygen atoms in total. The van der Waals surface area contributed by atoms with E-state index in [4.69, 9.17) is 11.6 Å². The van der Waals surface area contributed by atoms with E-state index in [1.165, 1.54) is 12.1 Å². The van der Waals surface area contributed by atoms with Crippen LogP contribution in [0.25, 0.3) is 11.4 Å². The van der Waals surface area contributed by atoms with Gasteiger partial charge in [0.05, 0.1) is 5.56 Å². The van der Waals surface area contributed by atoms with Gasteiger partial charge in [0.1, 0.15) is 0 Å². The van der Waals surface area contributed by atoms with E-state index in [0.717, 1.165) is 10.7 Å². The van der Waals surface area contributed by atoms with E-state index in [0.29, 0.717) is 4.47 Å². The SMILES string of the molecule is Nc1nnc(-c2ccc(Br)cc2C(F)(F)F)n1N. The first-order chi connectivity index (χ1) is 8.30. The Morgan fingerprint density at radius 3 is 2.39 bits per heavy atom. The van der Waals surface area contributed by atoms with Crippen LogP contribution in [0.2, 0.25) is 0 Å². The van der Waals surface area contributed by atoms with Crippen LogP contribution in [-0.4, -0.2) is 14.9 Å². The molecule has 9 heteroatoms. The topological polar surface area (TPSA) is 82.8 Å². The van der Waals surface area contributed by atoms with Gasteiger partial charge < -0.3 is 11.6 Å². The van der Waals surface area contributed by atoms with E-state index in [-0.39, 0.29) is 17.3 Å². The zero-order chi connectivity index (χ0) is 13.5. The summed E-state index contributed by atoms with van der Waals surface area (Å²) in [6.45, 7) is 0. The fourth-order valence-corrected chi connectivity index (χ4v) is 1.79. The lowest BCUT2D eigenvalue weighted by molar-refractivity contribution is -0.137. The fraction of sp³-hybridized carbons (Fsp3) is 0.111. The summed E-state index contributed by atoms with van der Waals surface area (Å²) in [6.07, 6.45) is -4.53. The van der Waals surface area contributed by atoms with Gasteiger partial charge in [-0.3, -0.25) is 0 Å². The smallest absolute Gasteiger partial charge is 0.366 e. The van der Waals surface area contributed by atoms with Gasteiger partial charge in [0, 0.05) is 10.0 Å². The molecule has 0 aliphatic rings. The summed E-state index contributed by atoms with van der Waals surface area (Å²) >= 11 is 2.99. The van der Waals surface area contributed by atoms with Crippen LogP contribution in [-0.2, 0) is 6.18 Å². The molecule has 0 saturated carbocycles. The molecule has 0 fully saturated rings. The molecule has 0 atom stereocenters. The Morgan fingerprint density at radius 1 is 1.22 bits per heavy atom. The summed E-state index contributed by atoms with van der Waals surface area (Å²) in [7, 11) is 0. The molecule has 1 aromatic carbocycles. The number of halogens is 4. The Morgan fingerprint density at radius 2 is 1.89 bits per heavy atom.